The highest BCUT2D eigenvalue weighted by Crippen LogP contribution is 2.27. The molecule has 0 spiro atoms. The molecule has 0 saturated heterocycles. The van der Waals surface area contributed by atoms with Crippen LogP contribution in [-0.2, 0) is 6.42 Å². The van der Waals surface area contributed by atoms with Crippen molar-refractivity contribution in [1.29, 1.82) is 0 Å². The van der Waals surface area contributed by atoms with Crippen molar-refractivity contribution in [2.75, 3.05) is 47.9 Å². The van der Waals surface area contributed by atoms with E-state index in [1.165, 1.54) is 6.07 Å². The van der Waals surface area contributed by atoms with Crippen LogP contribution in [0.5, 0.6) is 11.5 Å². The Labute approximate surface area is 202 Å². The van der Waals surface area contributed by atoms with Gasteiger partial charge in [-0.25, -0.2) is 4.39 Å². The quantitative estimate of drug-likeness (QED) is 0.271. The molecule has 2 aromatic rings. The maximum Gasteiger partial charge on any atom is 0.191 e. The average molecular weight is 544 g/mol. The lowest BCUT2D eigenvalue weighted by Crippen LogP contribution is -2.39. The van der Waals surface area contributed by atoms with Gasteiger partial charge in [-0.15, -0.1) is 24.0 Å². The topological polar surface area (TPSA) is 58.1 Å². The summed E-state index contributed by atoms with van der Waals surface area (Å²) in [6.07, 6.45) is 0.811. The van der Waals surface area contributed by atoms with Crippen LogP contribution in [-0.4, -0.2) is 58.8 Å². The predicted octanol–water partition coefficient (Wildman–Crippen LogP) is 3.86. The van der Waals surface area contributed by atoms with E-state index >= 15 is 0 Å². The molecule has 0 fully saturated rings. The molecule has 0 heterocycles. The molecule has 0 saturated carbocycles. The summed E-state index contributed by atoms with van der Waals surface area (Å²) in [7, 11) is 7.21. The van der Waals surface area contributed by atoms with Gasteiger partial charge in [-0.3, -0.25) is 4.99 Å². The van der Waals surface area contributed by atoms with Gasteiger partial charge in [-0.05, 0) is 62.8 Å². The Morgan fingerprint density at radius 1 is 1.06 bits per heavy atom. The Morgan fingerprint density at radius 3 is 2.42 bits per heavy atom. The second-order valence-corrected chi connectivity index (χ2v) is 7.12. The summed E-state index contributed by atoms with van der Waals surface area (Å²) in [5, 5.41) is 6.64. The SMILES string of the molecule is CCNC(=NCC(c1cccc(F)c1)N(C)C)NCCc1ccc(OC)c(OC)c1.I. The molecule has 8 heteroatoms. The van der Waals surface area contributed by atoms with Crippen molar-refractivity contribution in [3.63, 3.8) is 0 Å². The summed E-state index contributed by atoms with van der Waals surface area (Å²) < 4.78 is 24.3. The van der Waals surface area contributed by atoms with Gasteiger partial charge in [0.1, 0.15) is 5.82 Å². The third kappa shape index (κ3) is 8.53. The summed E-state index contributed by atoms with van der Waals surface area (Å²) in [5.41, 5.74) is 2.05. The number of guanidine groups is 1. The van der Waals surface area contributed by atoms with Crippen LogP contribution in [0.3, 0.4) is 0 Å². The van der Waals surface area contributed by atoms with Crippen LogP contribution in [0.4, 0.5) is 4.39 Å². The van der Waals surface area contributed by atoms with Crippen molar-refractivity contribution in [2.24, 2.45) is 4.99 Å². The molecule has 2 rings (SSSR count). The lowest BCUT2D eigenvalue weighted by Gasteiger charge is -2.23. The lowest BCUT2D eigenvalue weighted by atomic mass is 10.1. The first-order valence-electron chi connectivity index (χ1n) is 10.1. The van der Waals surface area contributed by atoms with E-state index in [1.807, 2.05) is 50.2 Å². The molecule has 1 atom stereocenters. The van der Waals surface area contributed by atoms with Crippen LogP contribution in [0.1, 0.15) is 24.1 Å². The van der Waals surface area contributed by atoms with Gasteiger partial charge in [0.25, 0.3) is 0 Å². The molecule has 0 bridgehead atoms. The molecule has 31 heavy (non-hydrogen) atoms. The highest BCUT2D eigenvalue weighted by atomic mass is 127. The maximum atomic E-state index is 13.6. The van der Waals surface area contributed by atoms with Gasteiger partial charge in [-0.1, -0.05) is 18.2 Å². The van der Waals surface area contributed by atoms with Gasteiger partial charge < -0.3 is 25.0 Å². The fourth-order valence-corrected chi connectivity index (χ4v) is 3.16. The van der Waals surface area contributed by atoms with Crippen molar-refractivity contribution in [3.8, 4) is 11.5 Å². The zero-order valence-electron chi connectivity index (χ0n) is 18.9. The predicted molar refractivity (Wildman–Crippen MR) is 135 cm³/mol. The normalized spacial score (nSPS) is 12.2. The minimum absolute atomic E-state index is 0. The van der Waals surface area contributed by atoms with E-state index in [0.717, 1.165) is 41.6 Å². The Kier molecular flexibility index (Phi) is 12.2. The summed E-state index contributed by atoms with van der Waals surface area (Å²) in [4.78, 5) is 6.77. The van der Waals surface area contributed by atoms with E-state index < -0.39 is 0 Å². The van der Waals surface area contributed by atoms with Gasteiger partial charge in [0.15, 0.2) is 17.5 Å². The van der Waals surface area contributed by atoms with Crippen molar-refractivity contribution >= 4 is 29.9 Å². The summed E-state index contributed by atoms with van der Waals surface area (Å²) >= 11 is 0. The van der Waals surface area contributed by atoms with Crippen LogP contribution >= 0.6 is 24.0 Å². The fourth-order valence-electron chi connectivity index (χ4n) is 3.16. The lowest BCUT2D eigenvalue weighted by molar-refractivity contribution is 0.305. The fraction of sp³-hybridized carbons (Fsp3) is 0.435. The largest absolute Gasteiger partial charge is 0.493 e. The molecule has 172 valence electrons. The van der Waals surface area contributed by atoms with E-state index in [1.54, 1.807) is 26.4 Å². The van der Waals surface area contributed by atoms with Gasteiger partial charge >= 0.3 is 0 Å². The summed E-state index contributed by atoms with van der Waals surface area (Å²) in [6, 6.07) is 12.6. The standard InChI is InChI=1S/C23H33FN4O2.HI/c1-6-25-23(26-13-12-17-10-11-21(29-4)22(14-17)30-5)27-16-20(28(2)3)18-8-7-9-19(24)15-18;/h7-11,14-15,20H,6,12-13,16H2,1-5H3,(H2,25,26,27);1H. The third-order valence-electron chi connectivity index (χ3n) is 4.78. The van der Waals surface area contributed by atoms with Crippen LogP contribution in [0.25, 0.3) is 0 Å². The smallest absolute Gasteiger partial charge is 0.191 e. The van der Waals surface area contributed by atoms with Gasteiger partial charge in [-0.2, -0.15) is 0 Å². The van der Waals surface area contributed by atoms with E-state index in [2.05, 4.69) is 10.6 Å². The Balaban J connectivity index is 0.00000480. The molecular formula is C23H34FIN4O2. The average Bonchev–Trinajstić information content (AvgIpc) is 2.73. The second kappa shape index (κ2) is 14.1. The summed E-state index contributed by atoms with van der Waals surface area (Å²) in [5.74, 6) is 1.94. The minimum atomic E-state index is -0.233. The van der Waals surface area contributed by atoms with E-state index in [0.29, 0.717) is 13.1 Å². The molecule has 2 aromatic carbocycles. The molecule has 0 aliphatic heterocycles. The molecular weight excluding hydrogens is 510 g/mol. The van der Waals surface area contributed by atoms with Crippen LogP contribution in [0.15, 0.2) is 47.5 Å². The number of benzene rings is 2. The monoisotopic (exact) mass is 544 g/mol. The van der Waals surface area contributed by atoms with Crippen LogP contribution < -0.4 is 20.1 Å². The Bertz CT molecular complexity index is 833. The maximum absolute atomic E-state index is 13.6. The third-order valence-corrected chi connectivity index (χ3v) is 4.78. The minimum Gasteiger partial charge on any atom is -0.493 e. The molecule has 1 unspecified atom stereocenters. The number of likely N-dealkylation sites (N-methyl/N-ethyl adjacent to an activating group) is 1. The zero-order chi connectivity index (χ0) is 21.9. The number of methoxy groups -OCH3 is 2. The number of nitrogens with zero attached hydrogens (tertiary/aromatic N) is 2. The van der Waals surface area contributed by atoms with Gasteiger partial charge in [0, 0.05) is 13.1 Å². The zero-order valence-corrected chi connectivity index (χ0v) is 21.3. The second-order valence-electron chi connectivity index (χ2n) is 7.12. The number of rotatable bonds is 10. The number of nitrogens with one attached hydrogen (secondary N) is 2. The highest BCUT2D eigenvalue weighted by molar-refractivity contribution is 14.0. The number of hydrogen-bond donors (Lipinski definition) is 2. The molecule has 0 radical (unpaired) electrons. The van der Waals surface area contributed by atoms with Gasteiger partial charge in [0.2, 0.25) is 0 Å². The molecule has 2 N–H and O–H groups in total. The van der Waals surface area contributed by atoms with Crippen molar-refractivity contribution < 1.29 is 13.9 Å². The van der Waals surface area contributed by atoms with Crippen molar-refractivity contribution in [3.05, 3.63) is 59.4 Å². The van der Waals surface area contributed by atoms with Crippen molar-refractivity contribution in [1.82, 2.24) is 15.5 Å². The number of aliphatic imine (C=N–C) groups is 1. The highest BCUT2D eigenvalue weighted by Gasteiger charge is 2.14. The first-order valence-corrected chi connectivity index (χ1v) is 10.1. The number of ether oxygens (including phenoxy) is 2. The number of halogens is 2. The van der Waals surface area contributed by atoms with E-state index in [4.69, 9.17) is 14.5 Å². The van der Waals surface area contributed by atoms with E-state index in [-0.39, 0.29) is 35.8 Å². The Morgan fingerprint density at radius 2 is 1.81 bits per heavy atom. The molecule has 6 nitrogen and oxygen atoms in total. The van der Waals surface area contributed by atoms with Gasteiger partial charge in [0.05, 0.1) is 26.8 Å². The first kappa shape index (κ1) is 27.0. The molecule has 0 aromatic heterocycles. The van der Waals surface area contributed by atoms with Crippen LogP contribution in [0, 0.1) is 5.82 Å². The summed E-state index contributed by atoms with van der Waals surface area (Å²) in [6.45, 7) is 4.02. The molecule has 0 aliphatic carbocycles. The van der Waals surface area contributed by atoms with Crippen LogP contribution in [0.2, 0.25) is 0 Å². The Hall–Kier alpha value is -2.07. The molecule has 0 amide bonds. The number of hydrogen-bond acceptors (Lipinski definition) is 4. The molecule has 0 aliphatic rings. The van der Waals surface area contributed by atoms with Crippen molar-refractivity contribution in [2.45, 2.75) is 19.4 Å². The van der Waals surface area contributed by atoms with E-state index in [9.17, 15) is 4.39 Å². The first-order chi connectivity index (χ1) is 14.5.